The average Bonchev–Trinajstić information content (AvgIpc) is 2.66. The molecule has 0 spiro atoms. The number of benzene rings is 1. The Balaban J connectivity index is 2.73. The van der Waals surface area contributed by atoms with E-state index in [2.05, 4.69) is 4.98 Å². The Morgan fingerprint density at radius 1 is 1.35 bits per heavy atom. The van der Waals surface area contributed by atoms with Gasteiger partial charge in [0.25, 0.3) is 0 Å². The number of nitrogens with zero attached hydrogens (tertiary/aromatic N) is 2. The molecule has 20 heavy (non-hydrogen) atoms. The lowest BCUT2D eigenvalue weighted by molar-refractivity contribution is 0.0687. The summed E-state index contributed by atoms with van der Waals surface area (Å²) >= 11 is 0. The van der Waals surface area contributed by atoms with E-state index in [1.807, 2.05) is 20.8 Å². The number of halogens is 1. The number of hydrogen-bond donors (Lipinski definition) is 1. The fourth-order valence-electron chi connectivity index (χ4n) is 2.25. The van der Waals surface area contributed by atoms with E-state index in [-0.39, 0.29) is 11.1 Å². The van der Waals surface area contributed by atoms with E-state index >= 15 is 0 Å². The lowest BCUT2D eigenvalue weighted by Crippen LogP contribution is -2.19. The van der Waals surface area contributed by atoms with Crippen molar-refractivity contribution in [1.82, 2.24) is 9.55 Å². The third-order valence-corrected chi connectivity index (χ3v) is 3.07. The Morgan fingerprint density at radius 3 is 2.50 bits per heavy atom. The van der Waals surface area contributed by atoms with Gasteiger partial charge in [-0.3, -0.25) is 0 Å². The van der Waals surface area contributed by atoms with Crippen molar-refractivity contribution in [3.05, 3.63) is 41.6 Å². The molecule has 0 saturated carbocycles. The molecule has 5 heteroatoms. The Bertz CT molecular complexity index is 669. The van der Waals surface area contributed by atoms with E-state index in [9.17, 15) is 14.3 Å². The Hall–Kier alpha value is -2.17. The van der Waals surface area contributed by atoms with Crippen LogP contribution in [0.2, 0.25) is 0 Å². The SMILES string of the molecule is Cn1c(C(C)(C)C)nc(-c2cccc(F)c2)c1C(=O)O. The molecule has 106 valence electrons. The van der Waals surface area contributed by atoms with E-state index in [4.69, 9.17) is 0 Å². The van der Waals surface area contributed by atoms with Gasteiger partial charge < -0.3 is 9.67 Å². The minimum absolute atomic E-state index is 0.0699. The predicted molar refractivity (Wildman–Crippen MR) is 74.3 cm³/mol. The highest BCUT2D eigenvalue weighted by Crippen LogP contribution is 2.29. The smallest absolute Gasteiger partial charge is 0.354 e. The first-order valence-corrected chi connectivity index (χ1v) is 6.28. The third-order valence-electron chi connectivity index (χ3n) is 3.07. The van der Waals surface area contributed by atoms with Crippen LogP contribution >= 0.6 is 0 Å². The molecular weight excluding hydrogens is 259 g/mol. The van der Waals surface area contributed by atoms with E-state index in [1.165, 1.54) is 12.1 Å². The number of imidazole rings is 1. The van der Waals surface area contributed by atoms with Gasteiger partial charge in [0.15, 0.2) is 5.69 Å². The van der Waals surface area contributed by atoms with Crippen LogP contribution in [0.3, 0.4) is 0 Å². The molecule has 1 N–H and O–H groups in total. The monoisotopic (exact) mass is 276 g/mol. The summed E-state index contributed by atoms with van der Waals surface area (Å²) in [6.45, 7) is 5.86. The van der Waals surface area contributed by atoms with Gasteiger partial charge in [-0.15, -0.1) is 0 Å². The molecule has 0 aliphatic carbocycles. The Kier molecular flexibility index (Phi) is 3.38. The van der Waals surface area contributed by atoms with Crippen molar-refractivity contribution in [3.63, 3.8) is 0 Å². The quantitative estimate of drug-likeness (QED) is 0.916. The van der Waals surface area contributed by atoms with Gasteiger partial charge in [-0.05, 0) is 12.1 Å². The van der Waals surface area contributed by atoms with Gasteiger partial charge >= 0.3 is 5.97 Å². The lowest BCUT2D eigenvalue weighted by atomic mass is 9.96. The lowest BCUT2D eigenvalue weighted by Gasteiger charge is -2.17. The molecule has 0 amide bonds. The summed E-state index contributed by atoms with van der Waals surface area (Å²) in [6.07, 6.45) is 0. The molecule has 0 fully saturated rings. The second-order valence-corrected chi connectivity index (χ2v) is 5.76. The average molecular weight is 276 g/mol. The summed E-state index contributed by atoms with van der Waals surface area (Å²) in [5.74, 6) is -0.842. The van der Waals surface area contributed by atoms with Crippen molar-refractivity contribution < 1.29 is 14.3 Å². The molecule has 4 nitrogen and oxygen atoms in total. The van der Waals surface area contributed by atoms with Crippen molar-refractivity contribution in [1.29, 1.82) is 0 Å². The maximum Gasteiger partial charge on any atom is 0.354 e. The van der Waals surface area contributed by atoms with Crippen LogP contribution in [-0.2, 0) is 12.5 Å². The maximum atomic E-state index is 13.3. The summed E-state index contributed by atoms with van der Waals surface area (Å²) in [5.41, 5.74) is 0.531. The van der Waals surface area contributed by atoms with E-state index < -0.39 is 11.8 Å². The van der Waals surface area contributed by atoms with Crippen LogP contribution in [0.1, 0.15) is 37.1 Å². The van der Waals surface area contributed by atoms with Gasteiger partial charge in [0.1, 0.15) is 17.3 Å². The number of carboxylic acid groups (broad SMARTS) is 1. The summed E-state index contributed by atoms with van der Waals surface area (Å²) < 4.78 is 14.9. The fraction of sp³-hybridized carbons (Fsp3) is 0.333. The number of aromatic nitrogens is 2. The second kappa shape index (κ2) is 4.74. The summed E-state index contributed by atoms with van der Waals surface area (Å²) in [7, 11) is 1.67. The number of carboxylic acids is 1. The maximum absolute atomic E-state index is 13.3. The highest BCUT2D eigenvalue weighted by Gasteiger charge is 2.27. The van der Waals surface area contributed by atoms with Gasteiger partial charge in [0.05, 0.1) is 0 Å². The van der Waals surface area contributed by atoms with Gasteiger partial charge in [0, 0.05) is 18.0 Å². The Morgan fingerprint density at radius 2 is 2.00 bits per heavy atom. The first-order chi connectivity index (χ1) is 9.21. The number of hydrogen-bond acceptors (Lipinski definition) is 2. The van der Waals surface area contributed by atoms with E-state index in [1.54, 1.807) is 23.7 Å². The zero-order valence-electron chi connectivity index (χ0n) is 11.9. The standard InChI is InChI=1S/C15H17FN2O2/c1-15(2,3)14-17-11(12(13(19)20)18(14)4)9-6-5-7-10(16)8-9/h5-8H,1-4H3,(H,19,20). The van der Waals surface area contributed by atoms with Crippen LogP contribution in [0.25, 0.3) is 11.3 Å². The molecule has 0 saturated heterocycles. The molecule has 0 aliphatic heterocycles. The van der Waals surface area contributed by atoms with Crippen molar-refractivity contribution >= 4 is 5.97 Å². The number of aromatic carboxylic acids is 1. The van der Waals surface area contributed by atoms with Crippen LogP contribution in [0.4, 0.5) is 4.39 Å². The summed E-state index contributed by atoms with van der Waals surface area (Å²) in [6, 6.07) is 5.81. The molecule has 0 atom stereocenters. The van der Waals surface area contributed by atoms with Gasteiger partial charge in [0.2, 0.25) is 0 Å². The van der Waals surface area contributed by atoms with Crippen LogP contribution in [-0.4, -0.2) is 20.6 Å². The van der Waals surface area contributed by atoms with E-state index in [0.717, 1.165) is 0 Å². The topological polar surface area (TPSA) is 55.1 Å². The first-order valence-electron chi connectivity index (χ1n) is 6.28. The Labute approximate surface area is 116 Å². The third kappa shape index (κ3) is 2.43. The molecule has 0 bridgehead atoms. The summed E-state index contributed by atoms with van der Waals surface area (Å²) in [5, 5.41) is 9.40. The van der Waals surface area contributed by atoms with Crippen molar-refractivity contribution in [2.45, 2.75) is 26.2 Å². The molecule has 1 heterocycles. The molecule has 2 aromatic rings. The normalized spacial score (nSPS) is 11.7. The van der Waals surface area contributed by atoms with Gasteiger partial charge in [-0.2, -0.15) is 0 Å². The highest BCUT2D eigenvalue weighted by molar-refractivity contribution is 5.93. The predicted octanol–water partition coefficient (Wildman–Crippen LogP) is 3.22. The molecule has 1 aromatic carbocycles. The molecule has 0 radical (unpaired) electrons. The van der Waals surface area contributed by atoms with Crippen LogP contribution in [0, 0.1) is 5.82 Å². The van der Waals surface area contributed by atoms with E-state index in [0.29, 0.717) is 17.1 Å². The molecule has 2 rings (SSSR count). The van der Waals surface area contributed by atoms with Crippen molar-refractivity contribution in [2.24, 2.45) is 7.05 Å². The molecule has 1 aromatic heterocycles. The number of carbonyl (C=O) groups is 1. The van der Waals surface area contributed by atoms with Crippen molar-refractivity contribution in [3.8, 4) is 11.3 Å². The minimum atomic E-state index is -1.07. The molecule has 0 unspecified atom stereocenters. The molecule has 0 aliphatic rings. The van der Waals surface area contributed by atoms with Gasteiger partial charge in [-0.1, -0.05) is 32.9 Å². The largest absolute Gasteiger partial charge is 0.477 e. The zero-order valence-corrected chi connectivity index (χ0v) is 11.9. The fourth-order valence-corrected chi connectivity index (χ4v) is 2.25. The zero-order chi connectivity index (χ0) is 15.1. The molecular formula is C15H17FN2O2. The first kappa shape index (κ1) is 14.2. The van der Waals surface area contributed by atoms with Crippen molar-refractivity contribution in [2.75, 3.05) is 0 Å². The minimum Gasteiger partial charge on any atom is -0.477 e. The van der Waals surface area contributed by atoms with Crippen LogP contribution < -0.4 is 0 Å². The summed E-state index contributed by atoms with van der Waals surface area (Å²) in [4.78, 5) is 15.9. The van der Waals surface area contributed by atoms with Crippen LogP contribution in [0.5, 0.6) is 0 Å². The highest BCUT2D eigenvalue weighted by atomic mass is 19.1. The van der Waals surface area contributed by atoms with Crippen LogP contribution in [0.15, 0.2) is 24.3 Å². The second-order valence-electron chi connectivity index (χ2n) is 5.76. The van der Waals surface area contributed by atoms with Gasteiger partial charge in [-0.25, -0.2) is 14.2 Å². The number of rotatable bonds is 2.